The molecule has 1 aromatic heterocycles. The van der Waals surface area contributed by atoms with Gasteiger partial charge in [-0.2, -0.15) is 5.10 Å². The molecule has 1 N–H and O–H groups in total. The average Bonchev–Trinajstić information content (AvgIpc) is 3.20. The van der Waals surface area contributed by atoms with Gasteiger partial charge in [-0.25, -0.2) is 18.3 Å². The van der Waals surface area contributed by atoms with Gasteiger partial charge in [0.25, 0.3) is 5.91 Å². The topological polar surface area (TPSA) is 85.7 Å². The second-order valence-corrected chi connectivity index (χ2v) is 9.29. The first-order valence-electron chi connectivity index (χ1n) is 11.4. The molecule has 0 bridgehead atoms. The molecule has 0 atom stereocenters. The Balaban J connectivity index is 1.86. The zero-order chi connectivity index (χ0) is 24.9. The minimum Gasteiger partial charge on any atom is -0.444 e. The van der Waals surface area contributed by atoms with E-state index in [1.54, 1.807) is 12.0 Å². The maximum absolute atomic E-state index is 14.6. The second-order valence-electron chi connectivity index (χ2n) is 9.29. The van der Waals surface area contributed by atoms with E-state index in [2.05, 4.69) is 10.4 Å². The Kier molecular flexibility index (Phi) is 8.24. The monoisotopic (exact) mass is 478 g/mol. The zero-order valence-electron chi connectivity index (χ0n) is 20.1. The highest BCUT2D eigenvalue weighted by Crippen LogP contribution is 2.33. The Morgan fingerprint density at radius 3 is 2.53 bits per heavy atom. The zero-order valence-corrected chi connectivity index (χ0v) is 20.1. The molecule has 34 heavy (non-hydrogen) atoms. The predicted octanol–water partition coefficient (Wildman–Crippen LogP) is 4.03. The molecule has 2 aromatic rings. The number of ether oxygens (including phenoxy) is 2. The summed E-state index contributed by atoms with van der Waals surface area (Å²) in [6.07, 6.45) is 2.74. The Morgan fingerprint density at radius 2 is 1.91 bits per heavy atom. The van der Waals surface area contributed by atoms with Crippen molar-refractivity contribution in [3.05, 3.63) is 47.3 Å². The largest absolute Gasteiger partial charge is 0.444 e. The Bertz CT molecular complexity index is 1010. The van der Waals surface area contributed by atoms with E-state index in [1.807, 2.05) is 20.8 Å². The van der Waals surface area contributed by atoms with E-state index in [0.717, 1.165) is 12.1 Å². The van der Waals surface area contributed by atoms with Crippen LogP contribution in [0.2, 0.25) is 0 Å². The van der Waals surface area contributed by atoms with Gasteiger partial charge in [0.2, 0.25) is 0 Å². The second kappa shape index (κ2) is 10.9. The summed E-state index contributed by atoms with van der Waals surface area (Å²) in [6, 6.07) is 3.24. The van der Waals surface area contributed by atoms with E-state index >= 15 is 0 Å². The van der Waals surface area contributed by atoms with Crippen molar-refractivity contribution >= 4 is 12.0 Å². The van der Waals surface area contributed by atoms with Crippen molar-refractivity contribution in [2.45, 2.75) is 51.6 Å². The van der Waals surface area contributed by atoms with Crippen LogP contribution in [-0.2, 0) is 9.47 Å². The molecule has 0 unspecified atom stereocenters. The number of likely N-dealkylation sites (tertiary alicyclic amines) is 1. The van der Waals surface area contributed by atoms with Crippen LogP contribution < -0.4 is 5.32 Å². The van der Waals surface area contributed by atoms with E-state index in [1.165, 1.54) is 16.9 Å². The van der Waals surface area contributed by atoms with Gasteiger partial charge in [0, 0.05) is 45.3 Å². The molecular formula is C24H32F2N4O4. The summed E-state index contributed by atoms with van der Waals surface area (Å²) < 4.78 is 40.0. The van der Waals surface area contributed by atoms with Gasteiger partial charge in [-0.1, -0.05) is 0 Å². The van der Waals surface area contributed by atoms with E-state index in [-0.39, 0.29) is 23.6 Å². The summed E-state index contributed by atoms with van der Waals surface area (Å²) in [5.41, 5.74) is 0.334. The lowest BCUT2D eigenvalue weighted by atomic mass is 9.90. The summed E-state index contributed by atoms with van der Waals surface area (Å²) in [4.78, 5) is 27.0. The standard InChI is InChI=1S/C24H32F2N4O4/c1-24(2,3)34-23(32)29-11-8-16(9-12-29)21-18(22(31)27-10-5-13-33-4)15-28-30(21)20-7-6-17(25)14-19(20)26/h6-7,14-16H,5,8-13H2,1-4H3,(H,27,31). The lowest BCUT2D eigenvalue weighted by Gasteiger charge is -2.34. The van der Waals surface area contributed by atoms with Crippen molar-refractivity contribution < 1.29 is 27.8 Å². The smallest absolute Gasteiger partial charge is 0.410 e. The first kappa shape index (κ1) is 25.6. The van der Waals surface area contributed by atoms with Gasteiger partial charge in [0.15, 0.2) is 5.82 Å². The maximum Gasteiger partial charge on any atom is 0.410 e. The number of benzene rings is 1. The third-order valence-electron chi connectivity index (χ3n) is 5.53. The quantitative estimate of drug-likeness (QED) is 0.608. The number of aromatic nitrogens is 2. The molecule has 3 rings (SSSR count). The molecule has 0 aliphatic carbocycles. The van der Waals surface area contributed by atoms with Crippen molar-refractivity contribution in [1.82, 2.24) is 20.0 Å². The van der Waals surface area contributed by atoms with Crippen LogP contribution >= 0.6 is 0 Å². The Labute approximate surface area is 198 Å². The molecule has 1 saturated heterocycles. The van der Waals surface area contributed by atoms with Crippen molar-refractivity contribution in [2.24, 2.45) is 0 Å². The van der Waals surface area contributed by atoms with Crippen LogP contribution in [0.4, 0.5) is 13.6 Å². The van der Waals surface area contributed by atoms with Crippen molar-refractivity contribution in [3.63, 3.8) is 0 Å². The highest BCUT2D eigenvalue weighted by molar-refractivity contribution is 5.95. The molecule has 8 nitrogen and oxygen atoms in total. The third kappa shape index (κ3) is 6.31. The molecule has 2 heterocycles. The van der Waals surface area contributed by atoms with Crippen LogP contribution in [0.5, 0.6) is 0 Å². The minimum absolute atomic E-state index is 0.0596. The molecule has 1 aromatic carbocycles. The SMILES string of the molecule is COCCCNC(=O)c1cnn(-c2ccc(F)cc2F)c1C1CCN(C(=O)OC(C)(C)C)CC1. The number of nitrogens with one attached hydrogen (secondary N) is 1. The van der Waals surface area contributed by atoms with Crippen LogP contribution in [0.15, 0.2) is 24.4 Å². The normalized spacial score (nSPS) is 14.8. The summed E-state index contributed by atoms with van der Waals surface area (Å²) in [7, 11) is 1.59. The Hall–Kier alpha value is -3.01. The molecule has 2 amide bonds. The molecular weight excluding hydrogens is 446 g/mol. The molecule has 186 valence electrons. The van der Waals surface area contributed by atoms with Crippen LogP contribution in [0.25, 0.3) is 5.69 Å². The number of halogens is 2. The number of rotatable bonds is 7. The van der Waals surface area contributed by atoms with Crippen LogP contribution in [0.1, 0.15) is 62.0 Å². The van der Waals surface area contributed by atoms with Gasteiger partial charge in [-0.05, 0) is 52.2 Å². The summed E-state index contributed by atoms with van der Waals surface area (Å²) >= 11 is 0. The number of hydrogen-bond donors (Lipinski definition) is 1. The maximum atomic E-state index is 14.6. The highest BCUT2D eigenvalue weighted by Gasteiger charge is 2.32. The minimum atomic E-state index is -0.775. The van der Waals surface area contributed by atoms with Crippen molar-refractivity contribution in [3.8, 4) is 5.69 Å². The molecule has 10 heteroatoms. The van der Waals surface area contributed by atoms with Gasteiger partial charge < -0.3 is 19.7 Å². The number of nitrogens with zero attached hydrogens (tertiary/aromatic N) is 3. The lowest BCUT2D eigenvalue weighted by Crippen LogP contribution is -2.41. The fraction of sp³-hybridized carbons (Fsp3) is 0.542. The Morgan fingerprint density at radius 1 is 1.21 bits per heavy atom. The van der Waals surface area contributed by atoms with Gasteiger partial charge in [0.05, 0.1) is 17.5 Å². The molecule has 0 saturated carbocycles. The number of carbonyl (C=O) groups is 2. The van der Waals surface area contributed by atoms with E-state index in [0.29, 0.717) is 56.8 Å². The van der Waals surface area contributed by atoms with Gasteiger partial charge in [-0.15, -0.1) is 0 Å². The predicted molar refractivity (Wildman–Crippen MR) is 122 cm³/mol. The summed E-state index contributed by atoms with van der Waals surface area (Å²) in [6.45, 7) is 7.20. The summed E-state index contributed by atoms with van der Waals surface area (Å²) in [5, 5.41) is 7.13. The van der Waals surface area contributed by atoms with E-state index < -0.39 is 17.2 Å². The molecule has 1 aliphatic rings. The number of amides is 2. The lowest BCUT2D eigenvalue weighted by molar-refractivity contribution is 0.0203. The number of hydrogen-bond acceptors (Lipinski definition) is 5. The number of carbonyl (C=O) groups excluding carboxylic acids is 2. The van der Waals surface area contributed by atoms with Gasteiger partial charge in [0.1, 0.15) is 17.1 Å². The first-order chi connectivity index (χ1) is 16.1. The van der Waals surface area contributed by atoms with Crippen molar-refractivity contribution in [1.29, 1.82) is 0 Å². The van der Waals surface area contributed by atoms with E-state index in [4.69, 9.17) is 9.47 Å². The summed E-state index contributed by atoms with van der Waals surface area (Å²) in [5.74, 6) is -1.96. The van der Waals surface area contributed by atoms with Gasteiger partial charge in [-0.3, -0.25) is 4.79 Å². The van der Waals surface area contributed by atoms with Gasteiger partial charge >= 0.3 is 6.09 Å². The highest BCUT2D eigenvalue weighted by atomic mass is 19.1. The first-order valence-corrected chi connectivity index (χ1v) is 11.4. The van der Waals surface area contributed by atoms with Crippen LogP contribution in [-0.4, -0.2) is 65.6 Å². The van der Waals surface area contributed by atoms with E-state index in [9.17, 15) is 18.4 Å². The number of methoxy groups -OCH3 is 1. The average molecular weight is 479 g/mol. The van der Waals surface area contributed by atoms with Crippen LogP contribution in [0.3, 0.4) is 0 Å². The molecule has 1 fully saturated rings. The van der Waals surface area contributed by atoms with Crippen LogP contribution in [0, 0.1) is 11.6 Å². The fourth-order valence-corrected chi connectivity index (χ4v) is 3.95. The molecule has 1 aliphatic heterocycles. The van der Waals surface area contributed by atoms with Crippen molar-refractivity contribution in [2.75, 3.05) is 33.4 Å². The third-order valence-corrected chi connectivity index (χ3v) is 5.53. The fourth-order valence-electron chi connectivity index (χ4n) is 3.95. The number of piperidine rings is 1. The molecule has 0 spiro atoms. The molecule has 0 radical (unpaired) electrons.